The minimum absolute atomic E-state index is 0.0375. The second-order valence-electron chi connectivity index (χ2n) is 4.52. The molecule has 6 nitrogen and oxygen atoms in total. The Hall–Kier alpha value is -2.11. The van der Waals surface area contributed by atoms with Crippen LogP contribution in [0.3, 0.4) is 0 Å². The van der Waals surface area contributed by atoms with E-state index in [2.05, 4.69) is 19.9 Å². The Bertz CT molecular complexity index is 580. The lowest BCUT2D eigenvalue weighted by atomic mass is 10.1. The van der Waals surface area contributed by atoms with Crippen LogP contribution in [0.4, 0.5) is 5.82 Å². The summed E-state index contributed by atoms with van der Waals surface area (Å²) in [7, 11) is 0. The Morgan fingerprint density at radius 1 is 1.56 bits per heavy atom. The third-order valence-corrected chi connectivity index (χ3v) is 3.39. The zero-order valence-electron chi connectivity index (χ0n) is 9.83. The van der Waals surface area contributed by atoms with E-state index in [9.17, 15) is 4.79 Å². The molecular weight excluding hydrogens is 232 g/mol. The van der Waals surface area contributed by atoms with Crippen LogP contribution in [-0.4, -0.2) is 38.6 Å². The molecule has 1 atom stereocenters. The maximum absolute atomic E-state index is 10.9. The zero-order chi connectivity index (χ0) is 12.5. The van der Waals surface area contributed by atoms with Crippen LogP contribution in [0.15, 0.2) is 18.6 Å². The Kier molecular flexibility index (Phi) is 2.62. The number of nitrogens with zero attached hydrogens (tertiary/aromatic N) is 3. The Balaban J connectivity index is 1.98. The number of carbonyl (C=O) groups is 1. The number of aromatic amines is 1. The molecule has 0 unspecified atom stereocenters. The van der Waals surface area contributed by atoms with Gasteiger partial charge in [-0.3, -0.25) is 4.79 Å². The van der Waals surface area contributed by atoms with Crippen molar-refractivity contribution in [1.29, 1.82) is 0 Å². The summed E-state index contributed by atoms with van der Waals surface area (Å²) in [6.45, 7) is 0.856. The first-order valence-corrected chi connectivity index (χ1v) is 6.02. The number of aromatic nitrogens is 3. The zero-order valence-corrected chi connectivity index (χ0v) is 9.83. The predicted molar refractivity (Wildman–Crippen MR) is 66.5 cm³/mol. The number of fused-ring (bicyclic) bond motifs is 1. The van der Waals surface area contributed by atoms with Gasteiger partial charge in [0.25, 0.3) is 0 Å². The van der Waals surface area contributed by atoms with Gasteiger partial charge in [0.15, 0.2) is 0 Å². The predicted octanol–water partition coefficient (Wildman–Crippen LogP) is 1.40. The summed E-state index contributed by atoms with van der Waals surface area (Å²) in [5.74, 6) is 0.0799. The summed E-state index contributed by atoms with van der Waals surface area (Å²) in [4.78, 5) is 24.5. The van der Waals surface area contributed by atoms with Crippen LogP contribution in [0.25, 0.3) is 11.0 Å². The molecule has 0 radical (unpaired) electrons. The molecule has 2 N–H and O–H groups in total. The van der Waals surface area contributed by atoms with Crippen molar-refractivity contribution in [3.63, 3.8) is 0 Å². The van der Waals surface area contributed by atoms with Crippen LogP contribution in [0.1, 0.15) is 19.3 Å². The van der Waals surface area contributed by atoms with E-state index in [0.717, 1.165) is 36.2 Å². The highest BCUT2D eigenvalue weighted by atomic mass is 16.4. The molecular formula is C12H14N4O2. The van der Waals surface area contributed by atoms with Crippen LogP contribution in [-0.2, 0) is 4.79 Å². The lowest BCUT2D eigenvalue weighted by molar-refractivity contribution is -0.137. The van der Waals surface area contributed by atoms with E-state index >= 15 is 0 Å². The van der Waals surface area contributed by atoms with Crippen LogP contribution in [0.2, 0.25) is 0 Å². The molecule has 3 heterocycles. The molecule has 1 saturated heterocycles. The molecule has 3 rings (SSSR count). The molecule has 1 aliphatic heterocycles. The standard InChI is InChI=1S/C12H14N4O2/c17-10(18)6-8-2-1-5-16(8)12-9-3-4-13-11(9)14-7-15-12/h3-4,7-8H,1-2,5-6H2,(H,17,18)(H,13,14,15)/t8-/m1/s1. The molecule has 6 heteroatoms. The molecule has 0 saturated carbocycles. The van der Waals surface area contributed by atoms with Gasteiger partial charge in [0.2, 0.25) is 0 Å². The number of hydrogen-bond donors (Lipinski definition) is 2. The number of H-pyrrole nitrogens is 1. The molecule has 0 amide bonds. The van der Waals surface area contributed by atoms with E-state index in [-0.39, 0.29) is 12.5 Å². The van der Waals surface area contributed by atoms with Gasteiger partial charge < -0.3 is 15.0 Å². The Morgan fingerprint density at radius 3 is 3.28 bits per heavy atom. The van der Waals surface area contributed by atoms with E-state index in [1.54, 1.807) is 0 Å². The van der Waals surface area contributed by atoms with Gasteiger partial charge in [0.05, 0.1) is 11.8 Å². The first-order valence-electron chi connectivity index (χ1n) is 6.02. The second-order valence-corrected chi connectivity index (χ2v) is 4.52. The van der Waals surface area contributed by atoms with Crippen molar-refractivity contribution in [1.82, 2.24) is 15.0 Å². The molecule has 94 valence electrons. The van der Waals surface area contributed by atoms with Crippen LogP contribution in [0, 0.1) is 0 Å². The summed E-state index contributed by atoms with van der Waals surface area (Å²) in [6, 6.07) is 1.97. The van der Waals surface area contributed by atoms with Gasteiger partial charge in [0, 0.05) is 18.8 Å². The van der Waals surface area contributed by atoms with Gasteiger partial charge in [-0.2, -0.15) is 0 Å². The maximum Gasteiger partial charge on any atom is 0.305 e. The third kappa shape index (κ3) is 1.79. The summed E-state index contributed by atoms with van der Waals surface area (Å²) >= 11 is 0. The van der Waals surface area contributed by atoms with Gasteiger partial charge in [0.1, 0.15) is 17.8 Å². The maximum atomic E-state index is 10.9. The quantitative estimate of drug-likeness (QED) is 0.855. The molecule has 0 bridgehead atoms. The highest BCUT2D eigenvalue weighted by Crippen LogP contribution is 2.30. The van der Waals surface area contributed by atoms with Crippen molar-refractivity contribution in [2.24, 2.45) is 0 Å². The van der Waals surface area contributed by atoms with Gasteiger partial charge in [-0.1, -0.05) is 0 Å². The molecule has 1 fully saturated rings. The minimum Gasteiger partial charge on any atom is -0.481 e. The topological polar surface area (TPSA) is 82.1 Å². The second kappa shape index (κ2) is 4.29. The summed E-state index contributed by atoms with van der Waals surface area (Å²) in [5, 5.41) is 9.90. The van der Waals surface area contributed by atoms with Crippen molar-refractivity contribution < 1.29 is 9.90 Å². The normalized spacial score (nSPS) is 19.6. The number of hydrogen-bond acceptors (Lipinski definition) is 4. The molecule has 0 aromatic carbocycles. The lowest BCUT2D eigenvalue weighted by Gasteiger charge is -2.24. The van der Waals surface area contributed by atoms with E-state index in [1.807, 2.05) is 12.3 Å². The molecule has 0 aliphatic carbocycles. The Labute approximate surface area is 104 Å². The van der Waals surface area contributed by atoms with Crippen molar-refractivity contribution in [3.8, 4) is 0 Å². The highest BCUT2D eigenvalue weighted by Gasteiger charge is 2.28. The molecule has 2 aromatic heterocycles. The smallest absolute Gasteiger partial charge is 0.305 e. The van der Waals surface area contributed by atoms with Crippen molar-refractivity contribution >= 4 is 22.8 Å². The molecule has 2 aromatic rings. The fraction of sp³-hybridized carbons (Fsp3) is 0.417. The number of anilines is 1. The summed E-state index contributed by atoms with van der Waals surface area (Å²) in [5.41, 5.74) is 0.793. The monoisotopic (exact) mass is 246 g/mol. The van der Waals surface area contributed by atoms with Crippen molar-refractivity contribution in [3.05, 3.63) is 18.6 Å². The van der Waals surface area contributed by atoms with Crippen LogP contribution in [0.5, 0.6) is 0 Å². The molecule has 0 spiro atoms. The number of rotatable bonds is 3. The largest absolute Gasteiger partial charge is 0.481 e. The first kappa shape index (κ1) is 11.0. The molecule has 1 aliphatic rings. The van der Waals surface area contributed by atoms with E-state index in [1.165, 1.54) is 6.33 Å². The van der Waals surface area contributed by atoms with E-state index < -0.39 is 5.97 Å². The number of carboxylic acid groups (broad SMARTS) is 1. The van der Waals surface area contributed by atoms with Gasteiger partial charge in [-0.25, -0.2) is 9.97 Å². The first-order chi connectivity index (χ1) is 8.75. The average molecular weight is 246 g/mol. The summed E-state index contributed by atoms with van der Waals surface area (Å²) in [6.07, 6.45) is 5.42. The van der Waals surface area contributed by atoms with Gasteiger partial charge in [-0.15, -0.1) is 0 Å². The number of nitrogens with one attached hydrogen (secondary N) is 1. The van der Waals surface area contributed by atoms with Gasteiger partial charge >= 0.3 is 5.97 Å². The minimum atomic E-state index is -0.758. The van der Waals surface area contributed by atoms with Crippen LogP contribution < -0.4 is 4.90 Å². The fourth-order valence-corrected chi connectivity index (χ4v) is 2.62. The fourth-order valence-electron chi connectivity index (χ4n) is 2.62. The number of aliphatic carboxylic acids is 1. The van der Waals surface area contributed by atoms with E-state index in [0.29, 0.717) is 0 Å². The molecule has 18 heavy (non-hydrogen) atoms. The highest BCUT2D eigenvalue weighted by molar-refractivity contribution is 5.87. The van der Waals surface area contributed by atoms with E-state index in [4.69, 9.17) is 5.11 Å². The van der Waals surface area contributed by atoms with Crippen molar-refractivity contribution in [2.75, 3.05) is 11.4 Å². The number of carboxylic acids is 1. The SMILES string of the molecule is O=C(O)C[C@H]1CCCN1c1ncnc2[nH]ccc12. The van der Waals surface area contributed by atoms with Gasteiger partial charge in [-0.05, 0) is 18.9 Å². The van der Waals surface area contributed by atoms with Crippen LogP contribution >= 0.6 is 0 Å². The average Bonchev–Trinajstić information content (AvgIpc) is 2.95. The lowest BCUT2D eigenvalue weighted by Crippen LogP contribution is -2.32. The third-order valence-electron chi connectivity index (χ3n) is 3.39. The van der Waals surface area contributed by atoms with Crippen molar-refractivity contribution in [2.45, 2.75) is 25.3 Å². The summed E-state index contributed by atoms with van der Waals surface area (Å²) < 4.78 is 0. The Morgan fingerprint density at radius 2 is 2.44 bits per heavy atom.